The van der Waals surface area contributed by atoms with Crippen LogP contribution in [0.15, 0.2) is 12.1 Å². The average molecular weight is 953 g/mol. The molecule has 0 aromatic rings. The summed E-state index contributed by atoms with van der Waals surface area (Å²) in [5, 5.41) is 0. The van der Waals surface area contributed by atoms with Crippen molar-refractivity contribution in [2.75, 3.05) is 88.2 Å². The van der Waals surface area contributed by atoms with Gasteiger partial charge in [0.2, 0.25) is 27.5 Å². The molecule has 0 aliphatic rings. The summed E-state index contributed by atoms with van der Waals surface area (Å²) in [5.74, 6) is 0. The van der Waals surface area contributed by atoms with Gasteiger partial charge in [0.15, 0.2) is 18.2 Å². The molecule has 0 aliphatic carbocycles. The fourth-order valence-corrected chi connectivity index (χ4v) is 1.55. The van der Waals surface area contributed by atoms with E-state index in [9.17, 15) is 128 Å². The first-order chi connectivity index (χ1) is 26.6. The Morgan fingerprint density at radius 1 is 0.448 bits per heavy atom. The van der Waals surface area contributed by atoms with Crippen LogP contribution in [0.25, 0.3) is 0 Å². The number of hydrogen-bond acceptors (Lipinski definition) is 4. The molecule has 58 heavy (non-hydrogen) atoms. The summed E-state index contributed by atoms with van der Waals surface area (Å²) in [5.41, 5.74) is -6.78. The second-order valence-corrected chi connectivity index (χ2v) is 8.21. The van der Waals surface area contributed by atoms with Gasteiger partial charge in [0.25, 0.3) is 0 Å². The lowest BCUT2D eigenvalue weighted by Gasteiger charge is -2.24. The van der Waals surface area contributed by atoms with E-state index in [-0.39, 0.29) is 6.67 Å². The maximum absolute atomic E-state index is 12.7. The van der Waals surface area contributed by atoms with E-state index in [4.69, 9.17) is 0 Å². The van der Waals surface area contributed by atoms with Crippen LogP contribution in [0, 0.1) is 0 Å². The van der Waals surface area contributed by atoms with Gasteiger partial charge in [-0.1, -0.05) is 0 Å². The summed E-state index contributed by atoms with van der Waals surface area (Å²) in [7, 11) is 0.500. The first-order valence-corrected chi connectivity index (χ1v) is 13.6. The van der Waals surface area contributed by atoms with Crippen LogP contribution in [-0.2, 0) is 19.4 Å². The van der Waals surface area contributed by atoms with Crippen molar-refractivity contribution in [3.63, 3.8) is 0 Å². The molecule has 0 bridgehead atoms. The van der Waals surface area contributed by atoms with Crippen molar-refractivity contribution in [1.82, 2.24) is 0 Å². The molecule has 0 aromatic carbocycles. The molecule has 33 heteroatoms. The summed E-state index contributed by atoms with van der Waals surface area (Å²) >= 11 is 0. The molecule has 0 rings (SSSR count). The fraction of sp³-hybridized carbons (Fsp3) is 0.920. The molecule has 0 aromatic heterocycles. The van der Waals surface area contributed by atoms with Crippen molar-refractivity contribution in [1.29, 1.82) is 0 Å². The van der Waals surface area contributed by atoms with Crippen LogP contribution in [0.2, 0.25) is 0 Å². The largest absolute Gasteiger partial charge is 0.435 e. The van der Waals surface area contributed by atoms with Crippen LogP contribution in [0.4, 0.5) is 128 Å². The number of rotatable bonds is 16. The third kappa shape index (κ3) is 94.4. The van der Waals surface area contributed by atoms with E-state index in [0.29, 0.717) is 26.6 Å². The number of unbranched alkanes of at least 4 members (excludes halogenated alkanes) is 1. The van der Waals surface area contributed by atoms with Crippen LogP contribution in [0.3, 0.4) is 0 Å². The third-order valence-corrected chi connectivity index (χ3v) is 3.53. The first kappa shape index (κ1) is 76.1. The van der Waals surface area contributed by atoms with E-state index in [1.807, 2.05) is 0 Å². The lowest BCUT2D eigenvalue weighted by molar-refractivity contribution is -0.201. The second-order valence-electron chi connectivity index (χ2n) is 8.21. The molecule has 4 nitrogen and oxygen atoms in total. The minimum absolute atomic E-state index is 0.334. The Labute approximate surface area is 310 Å². The third-order valence-electron chi connectivity index (χ3n) is 3.53. The van der Waals surface area contributed by atoms with Gasteiger partial charge in [0, 0.05) is 6.61 Å². The SMILES string of the molecule is CF.FCC(F)(CC(F)(F)F)CC(F)(F)F.FCC(F)(CF)CF.FCCC(F)(F)F.FCCCCOCF.FCF.FCOC(F)=C(F)F.FCOF.FCOF. The first-order valence-electron chi connectivity index (χ1n) is 13.6. The van der Waals surface area contributed by atoms with Crippen molar-refractivity contribution < 1.29 is 147 Å². The van der Waals surface area contributed by atoms with Crippen molar-refractivity contribution >= 4 is 0 Å². The number of alkyl halides is 24. The van der Waals surface area contributed by atoms with Gasteiger partial charge < -0.3 is 9.47 Å². The van der Waals surface area contributed by atoms with E-state index in [0.717, 1.165) is 0 Å². The van der Waals surface area contributed by atoms with Gasteiger partial charge in [-0.2, -0.15) is 62.6 Å². The topological polar surface area (TPSA) is 36.9 Å². The summed E-state index contributed by atoms with van der Waals surface area (Å²) in [6.07, 6.45) is -22.4. The standard InChI is InChI=1S/C6H6F8.C5H10F2O.C4H6F4.C3H2F4O.C3H4F4.2CH2F2O.CH2F2.CH3F/c7-3-4(8,1-5(9,10)11)2-6(12,13)14;6-3-1-2-4-8-5-7;5-1-4(8,2-6)3-7;4-1-8-3(7)2(5)6;4-2-1-3(5,6)7;2*2-1-4-3;2-1-3;1-2/h1-3H2;1-5H2;1-3H2;1H2;1-2H2;2*1H2;1H2;1H3. The van der Waals surface area contributed by atoms with Crippen molar-refractivity contribution in [3.8, 4) is 0 Å². The predicted octanol–water partition coefficient (Wildman–Crippen LogP) is 13.8. The van der Waals surface area contributed by atoms with Crippen molar-refractivity contribution in [3.05, 3.63) is 12.1 Å². The lowest BCUT2D eigenvalue weighted by Crippen LogP contribution is -2.37. The molecular formula is C25H37F29O4. The van der Waals surface area contributed by atoms with Crippen LogP contribution >= 0.6 is 0 Å². The number of ether oxygens (including phenoxy) is 2. The zero-order valence-corrected chi connectivity index (χ0v) is 29.1. The number of halogens is 29. The Bertz CT molecular complexity index is 726. The normalized spacial score (nSPS) is 10.6. The summed E-state index contributed by atoms with van der Waals surface area (Å²) in [6, 6.07) is -2.16. The average Bonchev–Trinajstić information content (AvgIpc) is 3.13. The van der Waals surface area contributed by atoms with Gasteiger partial charge in [-0.05, 0) is 21.9 Å². The highest BCUT2D eigenvalue weighted by atomic mass is 19.4. The van der Waals surface area contributed by atoms with Gasteiger partial charge in [-0.3, -0.25) is 13.2 Å². The smallest absolute Gasteiger partial charge is 0.392 e. The summed E-state index contributed by atoms with van der Waals surface area (Å²) in [4.78, 5) is 4.75. The maximum Gasteiger partial charge on any atom is 0.392 e. The van der Waals surface area contributed by atoms with Crippen LogP contribution in [0.5, 0.6) is 0 Å². The Morgan fingerprint density at radius 2 is 0.776 bits per heavy atom. The van der Waals surface area contributed by atoms with Gasteiger partial charge in [-0.15, -0.1) is 0 Å². The molecule has 0 aliphatic heterocycles. The Morgan fingerprint density at radius 3 is 0.897 bits per heavy atom. The molecule has 0 heterocycles. The summed E-state index contributed by atoms with van der Waals surface area (Å²) < 4.78 is 324. The zero-order chi connectivity index (χ0) is 48.5. The quantitative estimate of drug-likeness (QED) is 0.0878. The molecule has 0 saturated heterocycles. The van der Waals surface area contributed by atoms with Gasteiger partial charge >= 0.3 is 30.6 Å². The van der Waals surface area contributed by atoms with Crippen LogP contribution in [0.1, 0.15) is 32.1 Å². The fourth-order valence-electron chi connectivity index (χ4n) is 1.55. The molecule has 0 atom stereocenters. The molecule has 0 radical (unpaired) electrons. The van der Waals surface area contributed by atoms with Gasteiger partial charge in [0.1, 0.15) is 26.7 Å². The minimum atomic E-state index is -5.16. The Kier molecular flexibility index (Phi) is 68.8. The summed E-state index contributed by atoms with van der Waals surface area (Å²) in [6.45, 7) is -15.2. The lowest BCUT2D eigenvalue weighted by atomic mass is 9.99. The van der Waals surface area contributed by atoms with Gasteiger partial charge in [0.05, 0.1) is 39.8 Å². The maximum atomic E-state index is 12.7. The molecule has 364 valence electrons. The van der Waals surface area contributed by atoms with Crippen LogP contribution < -0.4 is 0 Å². The zero-order valence-electron chi connectivity index (χ0n) is 29.1. The minimum Gasteiger partial charge on any atom is -0.435 e. The molecule has 0 amide bonds. The Balaban J connectivity index is -0.0000000699. The Hall–Kier alpha value is -2.61. The molecule has 0 spiro atoms. The highest BCUT2D eigenvalue weighted by Crippen LogP contribution is 2.38. The highest BCUT2D eigenvalue weighted by molar-refractivity contribution is 4.84. The van der Waals surface area contributed by atoms with E-state index in [1.165, 1.54) is 0 Å². The van der Waals surface area contributed by atoms with E-state index in [1.54, 1.807) is 0 Å². The van der Waals surface area contributed by atoms with E-state index in [2.05, 4.69) is 19.4 Å². The molecule has 0 fully saturated rings. The second kappa shape index (κ2) is 52.4. The van der Waals surface area contributed by atoms with Crippen molar-refractivity contribution in [2.45, 2.75) is 62.0 Å². The predicted molar refractivity (Wildman–Crippen MR) is 145 cm³/mol. The van der Waals surface area contributed by atoms with Crippen molar-refractivity contribution in [2.24, 2.45) is 0 Å². The molecule has 0 saturated carbocycles. The molecule has 0 N–H and O–H groups in total. The molecular weight excluding hydrogens is 915 g/mol. The highest BCUT2D eigenvalue weighted by Gasteiger charge is 2.49. The molecule has 0 unspecified atom stereocenters. The number of hydrogen-bond donors (Lipinski definition) is 0. The van der Waals surface area contributed by atoms with Crippen LogP contribution in [-0.4, -0.2) is 118 Å². The van der Waals surface area contributed by atoms with E-state index >= 15 is 0 Å². The van der Waals surface area contributed by atoms with Gasteiger partial charge in [-0.25, -0.2) is 52.7 Å². The van der Waals surface area contributed by atoms with E-state index < -0.39 is 129 Å². The monoisotopic (exact) mass is 952 g/mol.